The molecule has 0 aliphatic carbocycles. The average Bonchev–Trinajstić information content (AvgIpc) is 2.49. The molecule has 1 saturated heterocycles. The molecule has 0 aromatic heterocycles. The molecule has 92 valence electrons. The summed E-state index contributed by atoms with van der Waals surface area (Å²) in [6.07, 6.45) is -1.50. The van der Waals surface area contributed by atoms with Crippen molar-refractivity contribution in [3.8, 4) is 0 Å². The zero-order valence-electron chi connectivity index (χ0n) is 7.64. The molecule has 10 heteroatoms. The maximum Gasteiger partial charge on any atom is 0.443 e. The molecule has 7 nitrogen and oxygen atoms in total. The van der Waals surface area contributed by atoms with E-state index in [4.69, 9.17) is 9.96 Å². The topological polar surface area (TPSA) is 114 Å². The van der Waals surface area contributed by atoms with E-state index in [1.807, 2.05) is 0 Å². The van der Waals surface area contributed by atoms with Crippen LogP contribution in [-0.2, 0) is 24.4 Å². The van der Waals surface area contributed by atoms with Crippen LogP contribution in [0.15, 0.2) is 0 Å². The summed E-state index contributed by atoms with van der Waals surface area (Å²) in [6.45, 7) is -0.344. The minimum absolute atomic E-state index is 0.344. The number of carbonyl (C=O) groups excluding carboxylic acids is 1. The molecule has 1 aliphatic rings. The third-order valence-electron chi connectivity index (χ3n) is 1.70. The number of rotatable bonds is 3. The molecule has 1 atom stereocenters. The summed E-state index contributed by atoms with van der Waals surface area (Å²) in [7, 11) is -5.77. The zero-order chi connectivity index (χ0) is 12.6. The van der Waals surface area contributed by atoms with Gasteiger partial charge in [-0.25, -0.2) is 0 Å². The summed E-state index contributed by atoms with van der Waals surface area (Å²) < 4.78 is 62.7. The number of hydrogen-bond donors (Lipinski definition) is 2. The fourth-order valence-electron chi connectivity index (χ4n) is 0.918. The first kappa shape index (κ1) is 12.8. The van der Waals surface area contributed by atoms with Gasteiger partial charge in [-0.2, -0.15) is 17.2 Å². The van der Waals surface area contributed by atoms with Crippen LogP contribution in [0.1, 0.15) is 6.42 Å². The van der Waals surface area contributed by atoms with Crippen LogP contribution in [0.3, 0.4) is 0 Å². The molecule has 0 saturated carbocycles. The highest BCUT2D eigenvalue weighted by molar-refractivity contribution is 7.87. The minimum Gasteiger partial charge on any atom is -0.468 e. The van der Waals surface area contributed by atoms with Crippen molar-refractivity contribution < 1.29 is 36.0 Å². The molecular formula is C6H7F2NO6S. The third-order valence-corrected chi connectivity index (χ3v) is 2.53. The van der Waals surface area contributed by atoms with Crippen LogP contribution in [0.2, 0.25) is 0 Å². The first-order valence-corrected chi connectivity index (χ1v) is 5.34. The summed E-state index contributed by atoms with van der Waals surface area (Å²) in [6, 6.07) is 0. The second-order valence-corrected chi connectivity index (χ2v) is 4.41. The van der Waals surface area contributed by atoms with Crippen LogP contribution in [-0.4, -0.2) is 42.8 Å². The Bertz CT molecular complexity index is 419. The molecule has 0 radical (unpaired) electrons. The molecule has 0 spiro atoms. The van der Waals surface area contributed by atoms with Crippen LogP contribution < -0.4 is 0 Å². The van der Waals surface area contributed by atoms with Crippen LogP contribution >= 0.6 is 0 Å². The Hall–Kier alpha value is -1.29. The molecule has 1 aliphatic heterocycles. The fraction of sp³-hybridized carbons (Fsp3) is 0.667. The molecule has 1 rings (SSSR count). The molecule has 2 N–H and O–H groups in total. The van der Waals surface area contributed by atoms with Gasteiger partial charge in [0.15, 0.2) is 0 Å². The van der Waals surface area contributed by atoms with E-state index in [1.54, 1.807) is 0 Å². The molecule has 16 heavy (non-hydrogen) atoms. The molecule has 1 fully saturated rings. The van der Waals surface area contributed by atoms with Crippen LogP contribution in [0.25, 0.3) is 0 Å². The van der Waals surface area contributed by atoms with Gasteiger partial charge in [0.25, 0.3) is 5.90 Å². The van der Waals surface area contributed by atoms with Crippen molar-refractivity contribution in [2.24, 2.45) is 0 Å². The molecule has 0 bridgehead atoms. The van der Waals surface area contributed by atoms with Crippen LogP contribution in [0, 0.1) is 5.41 Å². The number of halogens is 2. The van der Waals surface area contributed by atoms with E-state index in [2.05, 4.69) is 9.47 Å². The van der Waals surface area contributed by atoms with E-state index in [-0.39, 0.29) is 13.0 Å². The maximum absolute atomic E-state index is 12.8. The van der Waals surface area contributed by atoms with E-state index < -0.39 is 33.3 Å². The highest BCUT2D eigenvalue weighted by Gasteiger charge is 2.52. The van der Waals surface area contributed by atoms with E-state index in [9.17, 15) is 22.0 Å². The highest BCUT2D eigenvalue weighted by atomic mass is 32.2. The maximum atomic E-state index is 12.8. The van der Waals surface area contributed by atoms with Crippen molar-refractivity contribution in [2.75, 3.05) is 6.61 Å². The smallest absolute Gasteiger partial charge is 0.443 e. The Labute approximate surface area is 88.6 Å². The number of hydrogen-bond acceptors (Lipinski definition) is 6. The summed E-state index contributed by atoms with van der Waals surface area (Å²) in [5.41, 5.74) is 0. The van der Waals surface area contributed by atoms with Gasteiger partial charge in [0.05, 0.1) is 6.42 Å². The van der Waals surface area contributed by atoms with E-state index in [0.717, 1.165) is 0 Å². The van der Waals surface area contributed by atoms with Crippen molar-refractivity contribution in [1.29, 1.82) is 5.41 Å². The monoisotopic (exact) mass is 259 g/mol. The first-order chi connectivity index (χ1) is 7.14. The lowest BCUT2D eigenvalue weighted by atomic mass is 10.3. The summed E-state index contributed by atoms with van der Waals surface area (Å²) in [4.78, 5) is 10.6. The second-order valence-electron chi connectivity index (χ2n) is 2.95. The number of cyclic esters (lactones) is 1. The molecule has 0 aromatic rings. The number of alkyl halides is 2. The molecule has 1 heterocycles. The number of carbonyl (C=O) groups is 1. The van der Waals surface area contributed by atoms with Crippen LogP contribution in [0.5, 0.6) is 0 Å². The van der Waals surface area contributed by atoms with Gasteiger partial charge in [-0.15, -0.1) is 0 Å². The van der Waals surface area contributed by atoms with Crippen molar-refractivity contribution in [3.05, 3.63) is 0 Å². The Morgan fingerprint density at radius 1 is 1.62 bits per heavy atom. The standard InChI is InChI=1S/C6H7F2NO6S/c7-6(8,16(11,12)13)5(9)15-3-1-4(10)14-2-3/h3,9H,1-2H2,(H,11,12,13). The average molecular weight is 259 g/mol. The van der Waals surface area contributed by atoms with Gasteiger partial charge in [-0.05, 0) is 0 Å². The number of ether oxygens (including phenoxy) is 2. The summed E-state index contributed by atoms with van der Waals surface area (Å²) in [5.74, 6) is -2.65. The largest absolute Gasteiger partial charge is 0.468 e. The third kappa shape index (κ3) is 2.44. The minimum atomic E-state index is -5.77. The summed E-state index contributed by atoms with van der Waals surface area (Å²) >= 11 is 0. The lowest BCUT2D eigenvalue weighted by Gasteiger charge is -2.17. The zero-order valence-corrected chi connectivity index (χ0v) is 8.46. The van der Waals surface area contributed by atoms with E-state index >= 15 is 0 Å². The highest BCUT2D eigenvalue weighted by Crippen LogP contribution is 2.24. The second kappa shape index (κ2) is 3.94. The molecule has 0 aromatic carbocycles. The normalized spacial score (nSPS) is 21.7. The Morgan fingerprint density at radius 3 is 2.56 bits per heavy atom. The number of nitrogens with one attached hydrogen (secondary N) is 1. The van der Waals surface area contributed by atoms with Gasteiger partial charge in [0.2, 0.25) is 0 Å². The van der Waals surface area contributed by atoms with E-state index in [1.165, 1.54) is 0 Å². The molecular weight excluding hydrogens is 252 g/mol. The van der Waals surface area contributed by atoms with Crippen LogP contribution in [0.4, 0.5) is 8.78 Å². The lowest BCUT2D eigenvalue weighted by molar-refractivity contribution is -0.137. The lowest BCUT2D eigenvalue weighted by Crippen LogP contribution is -2.40. The van der Waals surface area contributed by atoms with Crippen molar-refractivity contribution in [2.45, 2.75) is 17.8 Å². The van der Waals surface area contributed by atoms with Gasteiger partial charge < -0.3 is 9.47 Å². The van der Waals surface area contributed by atoms with Crippen molar-refractivity contribution >= 4 is 22.0 Å². The SMILES string of the molecule is N=C(OC1COC(=O)C1)C(F)(F)S(=O)(=O)O. The summed E-state index contributed by atoms with van der Waals surface area (Å²) in [5, 5.41) is 1.86. The Kier molecular flexibility index (Phi) is 3.15. The quantitative estimate of drug-likeness (QED) is 0.313. The van der Waals surface area contributed by atoms with Gasteiger partial charge in [-0.3, -0.25) is 14.8 Å². The van der Waals surface area contributed by atoms with Gasteiger partial charge in [-0.1, -0.05) is 0 Å². The van der Waals surface area contributed by atoms with Gasteiger partial charge in [0, 0.05) is 0 Å². The first-order valence-electron chi connectivity index (χ1n) is 3.90. The Balaban J connectivity index is 2.69. The molecule has 1 unspecified atom stereocenters. The van der Waals surface area contributed by atoms with E-state index in [0.29, 0.717) is 0 Å². The van der Waals surface area contributed by atoms with Crippen molar-refractivity contribution in [1.82, 2.24) is 0 Å². The fourth-order valence-corrected chi connectivity index (χ4v) is 1.20. The Morgan fingerprint density at radius 2 is 2.19 bits per heavy atom. The molecule has 0 amide bonds. The predicted octanol–water partition coefficient (Wildman–Crippen LogP) is -0.224. The van der Waals surface area contributed by atoms with Gasteiger partial charge >= 0.3 is 21.3 Å². The van der Waals surface area contributed by atoms with Crippen molar-refractivity contribution in [3.63, 3.8) is 0 Å². The predicted molar refractivity (Wildman–Crippen MR) is 44.7 cm³/mol. The van der Waals surface area contributed by atoms with Gasteiger partial charge in [0.1, 0.15) is 12.7 Å². The number of esters is 1.